The minimum absolute atomic E-state index is 0.0953. The first-order valence-corrected chi connectivity index (χ1v) is 12.5. The highest BCUT2D eigenvalue weighted by Crippen LogP contribution is 2.38. The molecular weight excluding hydrogens is 493 g/mol. The summed E-state index contributed by atoms with van der Waals surface area (Å²) in [4.78, 5) is 34.5. The fourth-order valence-electron chi connectivity index (χ4n) is 4.62. The van der Waals surface area contributed by atoms with Crippen LogP contribution in [0.25, 0.3) is 0 Å². The molecule has 2 amide bonds. The number of fused-ring (bicyclic) bond motifs is 1. The maximum Gasteiger partial charge on any atom is 0.238 e. The van der Waals surface area contributed by atoms with E-state index in [1.54, 1.807) is 24.3 Å². The number of rotatable bonds is 6. The Labute approximate surface area is 219 Å². The number of nitrogens with zero attached hydrogens (tertiary/aromatic N) is 3. The average molecular weight is 520 g/mol. The molecule has 0 radical (unpaired) electrons. The van der Waals surface area contributed by atoms with Gasteiger partial charge in [0.1, 0.15) is 11.7 Å². The van der Waals surface area contributed by atoms with Crippen molar-refractivity contribution in [1.29, 1.82) is 0 Å². The molecule has 1 unspecified atom stereocenters. The number of amides is 2. The summed E-state index contributed by atoms with van der Waals surface area (Å²) in [5.74, 6) is -1.76. The number of likely N-dealkylation sites (N-methyl/N-ethyl adjacent to an activating group) is 1. The Bertz CT molecular complexity index is 1360. The van der Waals surface area contributed by atoms with E-state index >= 15 is 4.39 Å². The molecule has 0 aliphatic carbocycles. The molecule has 2 aliphatic rings. The molecule has 0 spiro atoms. The van der Waals surface area contributed by atoms with Gasteiger partial charge in [-0.3, -0.25) is 19.5 Å². The van der Waals surface area contributed by atoms with E-state index in [1.807, 2.05) is 37.4 Å². The van der Waals surface area contributed by atoms with Gasteiger partial charge in [-0.05, 0) is 42.4 Å². The van der Waals surface area contributed by atoms with Gasteiger partial charge in [-0.1, -0.05) is 48.0 Å². The number of piperazine rings is 1. The molecule has 9 heteroatoms. The molecule has 190 valence electrons. The lowest BCUT2D eigenvalue weighted by Crippen LogP contribution is -2.47. The fourth-order valence-corrected chi connectivity index (χ4v) is 4.80. The summed E-state index contributed by atoms with van der Waals surface area (Å²) in [6.45, 7) is 3.60. The van der Waals surface area contributed by atoms with Crippen LogP contribution in [0, 0.1) is 5.82 Å². The zero-order chi connectivity index (χ0) is 25.9. The molecule has 0 bridgehead atoms. The molecule has 2 aliphatic heterocycles. The Balaban J connectivity index is 1.40. The van der Waals surface area contributed by atoms with Crippen LogP contribution in [0.2, 0.25) is 5.02 Å². The number of carbonyl (C=O) groups excluding carboxylic acids is 2. The first-order valence-electron chi connectivity index (χ1n) is 12.1. The standard InChI is InChI=1S/C28H27ClFN5O2/c1-34-11-13-35(14-12-34)17-25(36)32-23-10-8-20(16-22(23)30)31-27(18-5-3-2-4-6-18)26-21-9-7-19(29)15-24(21)33-28(26)37/h2-10,15-16,26H,11-14,17H2,1H3,(H,32,36)(H,33,37). The van der Waals surface area contributed by atoms with Gasteiger partial charge in [0.05, 0.1) is 23.6 Å². The van der Waals surface area contributed by atoms with Crippen molar-refractivity contribution in [3.63, 3.8) is 0 Å². The molecular formula is C28H27ClFN5O2. The van der Waals surface area contributed by atoms with Crippen molar-refractivity contribution < 1.29 is 14.0 Å². The molecule has 3 aromatic rings. The highest BCUT2D eigenvalue weighted by atomic mass is 35.5. The van der Waals surface area contributed by atoms with Crippen molar-refractivity contribution in [3.05, 3.63) is 88.7 Å². The monoisotopic (exact) mass is 519 g/mol. The Morgan fingerprint density at radius 1 is 1.08 bits per heavy atom. The van der Waals surface area contributed by atoms with E-state index in [0.717, 1.165) is 37.3 Å². The van der Waals surface area contributed by atoms with Crippen LogP contribution in [0.5, 0.6) is 0 Å². The van der Waals surface area contributed by atoms with E-state index in [-0.39, 0.29) is 24.0 Å². The molecule has 1 fully saturated rings. The number of anilines is 2. The number of hydrogen-bond acceptors (Lipinski definition) is 5. The molecule has 1 atom stereocenters. The van der Waals surface area contributed by atoms with Gasteiger partial charge in [0.25, 0.3) is 0 Å². The van der Waals surface area contributed by atoms with Crippen LogP contribution in [-0.4, -0.2) is 67.1 Å². The van der Waals surface area contributed by atoms with Crippen LogP contribution in [0.4, 0.5) is 21.5 Å². The van der Waals surface area contributed by atoms with E-state index in [4.69, 9.17) is 16.6 Å². The van der Waals surface area contributed by atoms with E-state index < -0.39 is 11.7 Å². The third-order valence-corrected chi connectivity index (χ3v) is 6.86. The van der Waals surface area contributed by atoms with E-state index in [1.165, 1.54) is 12.1 Å². The first-order chi connectivity index (χ1) is 17.9. The van der Waals surface area contributed by atoms with Crippen molar-refractivity contribution in [3.8, 4) is 0 Å². The lowest BCUT2D eigenvalue weighted by molar-refractivity contribution is -0.118. The molecule has 5 rings (SSSR count). The predicted molar refractivity (Wildman–Crippen MR) is 144 cm³/mol. The average Bonchev–Trinajstić information content (AvgIpc) is 3.20. The fraction of sp³-hybridized carbons (Fsp3) is 0.250. The zero-order valence-electron chi connectivity index (χ0n) is 20.4. The Hall–Kier alpha value is -3.59. The first kappa shape index (κ1) is 25.1. The van der Waals surface area contributed by atoms with Crippen LogP contribution in [0.3, 0.4) is 0 Å². The largest absolute Gasteiger partial charge is 0.325 e. The minimum atomic E-state index is -0.680. The van der Waals surface area contributed by atoms with Crippen LogP contribution < -0.4 is 10.6 Å². The van der Waals surface area contributed by atoms with Gasteiger partial charge in [0, 0.05) is 43.0 Å². The summed E-state index contributed by atoms with van der Waals surface area (Å²) >= 11 is 6.12. The lowest BCUT2D eigenvalue weighted by Gasteiger charge is -2.31. The Morgan fingerprint density at radius 3 is 2.57 bits per heavy atom. The second kappa shape index (κ2) is 10.8. The number of aliphatic imine (C=N–C) groups is 1. The van der Waals surface area contributed by atoms with Gasteiger partial charge in [-0.15, -0.1) is 0 Å². The van der Waals surface area contributed by atoms with Gasteiger partial charge in [-0.2, -0.15) is 0 Å². The quantitative estimate of drug-likeness (QED) is 0.469. The molecule has 2 N–H and O–H groups in total. The molecule has 0 aromatic heterocycles. The Kier molecular flexibility index (Phi) is 7.32. The maximum absolute atomic E-state index is 15.0. The maximum atomic E-state index is 15.0. The topological polar surface area (TPSA) is 77.0 Å². The summed E-state index contributed by atoms with van der Waals surface area (Å²) in [5, 5.41) is 6.06. The van der Waals surface area contributed by atoms with Gasteiger partial charge in [0.2, 0.25) is 11.8 Å². The number of benzene rings is 3. The van der Waals surface area contributed by atoms with Crippen molar-refractivity contribution in [2.75, 3.05) is 50.4 Å². The molecule has 0 saturated carbocycles. The van der Waals surface area contributed by atoms with Gasteiger partial charge in [0.15, 0.2) is 0 Å². The SMILES string of the molecule is CN1CCN(CC(=O)Nc2ccc(N=C(c3ccccc3)C3C(=O)Nc4cc(Cl)ccc43)cc2F)CC1. The Morgan fingerprint density at radius 2 is 1.84 bits per heavy atom. The highest BCUT2D eigenvalue weighted by Gasteiger charge is 2.35. The van der Waals surface area contributed by atoms with E-state index in [9.17, 15) is 9.59 Å². The third-order valence-electron chi connectivity index (χ3n) is 6.63. The number of carbonyl (C=O) groups is 2. The zero-order valence-corrected chi connectivity index (χ0v) is 21.1. The molecule has 2 heterocycles. The van der Waals surface area contributed by atoms with Gasteiger partial charge >= 0.3 is 0 Å². The third kappa shape index (κ3) is 5.72. The predicted octanol–water partition coefficient (Wildman–Crippen LogP) is 4.52. The minimum Gasteiger partial charge on any atom is -0.325 e. The van der Waals surface area contributed by atoms with Crippen molar-refractivity contribution in [1.82, 2.24) is 9.80 Å². The second-order valence-corrected chi connectivity index (χ2v) is 9.75. The number of nitrogens with one attached hydrogen (secondary N) is 2. The van der Waals surface area contributed by atoms with Gasteiger partial charge < -0.3 is 15.5 Å². The smallest absolute Gasteiger partial charge is 0.238 e. The summed E-state index contributed by atoms with van der Waals surface area (Å²) in [7, 11) is 2.05. The second-order valence-electron chi connectivity index (χ2n) is 9.31. The van der Waals surface area contributed by atoms with E-state index in [0.29, 0.717) is 22.1 Å². The van der Waals surface area contributed by atoms with Gasteiger partial charge in [-0.25, -0.2) is 4.39 Å². The summed E-state index contributed by atoms with van der Waals surface area (Å²) in [5.41, 5.74) is 3.06. The van der Waals surface area contributed by atoms with Crippen LogP contribution in [-0.2, 0) is 9.59 Å². The number of hydrogen-bond donors (Lipinski definition) is 2. The van der Waals surface area contributed by atoms with Crippen molar-refractivity contribution in [2.45, 2.75) is 5.92 Å². The van der Waals surface area contributed by atoms with Crippen molar-refractivity contribution in [2.24, 2.45) is 4.99 Å². The van der Waals surface area contributed by atoms with Crippen LogP contribution in [0.1, 0.15) is 17.0 Å². The summed E-state index contributed by atoms with van der Waals surface area (Å²) < 4.78 is 15.0. The molecule has 7 nitrogen and oxygen atoms in total. The normalized spacial score (nSPS) is 18.4. The lowest BCUT2D eigenvalue weighted by atomic mass is 9.90. The number of halogens is 2. The van der Waals surface area contributed by atoms with Crippen LogP contribution >= 0.6 is 11.6 Å². The highest BCUT2D eigenvalue weighted by molar-refractivity contribution is 6.31. The van der Waals surface area contributed by atoms with E-state index in [2.05, 4.69) is 20.4 Å². The molecule has 3 aromatic carbocycles. The van der Waals surface area contributed by atoms with Crippen LogP contribution in [0.15, 0.2) is 71.7 Å². The molecule has 37 heavy (non-hydrogen) atoms. The molecule has 1 saturated heterocycles. The van der Waals surface area contributed by atoms with Crippen molar-refractivity contribution >= 4 is 46.2 Å². The summed E-state index contributed by atoms with van der Waals surface area (Å²) in [6, 6.07) is 19.0. The summed E-state index contributed by atoms with van der Waals surface area (Å²) in [6.07, 6.45) is 0.